The second-order valence-electron chi connectivity index (χ2n) is 7.12. The van der Waals surface area contributed by atoms with Crippen LogP contribution in [0.3, 0.4) is 0 Å². The highest BCUT2D eigenvalue weighted by Crippen LogP contribution is 2.45. The molecule has 1 atom stereocenters. The smallest absolute Gasteiger partial charge is 0.321 e. The van der Waals surface area contributed by atoms with Gasteiger partial charge < -0.3 is 29.7 Å². The summed E-state index contributed by atoms with van der Waals surface area (Å²) in [5.41, 5.74) is 1.43. The molecule has 2 aromatic carbocycles. The number of likely N-dealkylation sites (tertiary alicyclic amines) is 1. The Morgan fingerprint density at radius 2 is 1.79 bits per heavy atom. The summed E-state index contributed by atoms with van der Waals surface area (Å²) in [7, 11) is 4.69. The molecule has 4 rings (SSSR count). The minimum absolute atomic E-state index is 0.0851. The van der Waals surface area contributed by atoms with Gasteiger partial charge >= 0.3 is 6.03 Å². The fraction of sp³-hybridized carbons (Fsp3) is 0.333. The van der Waals surface area contributed by atoms with Crippen LogP contribution in [0.2, 0.25) is 0 Å². The molecule has 2 aliphatic rings. The maximum atomic E-state index is 12.9. The molecule has 152 valence electrons. The van der Waals surface area contributed by atoms with Crippen molar-refractivity contribution in [3.05, 3.63) is 42.0 Å². The van der Waals surface area contributed by atoms with Gasteiger partial charge in [0.25, 0.3) is 0 Å². The van der Waals surface area contributed by atoms with Gasteiger partial charge in [-0.2, -0.15) is 0 Å². The van der Waals surface area contributed by atoms with E-state index in [4.69, 9.17) is 14.2 Å². The van der Waals surface area contributed by atoms with Gasteiger partial charge in [0, 0.05) is 24.8 Å². The molecule has 0 radical (unpaired) electrons. The Kier molecular flexibility index (Phi) is 4.70. The Morgan fingerprint density at radius 1 is 1.07 bits per heavy atom. The first-order chi connectivity index (χ1) is 14.0. The van der Waals surface area contributed by atoms with E-state index in [2.05, 4.69) is 10.6 Å². The summed E-state index contributed by atoms with van der Waals surface area (Å²) in [6.45, 7) is 0.762. The van der Waals surface area contributed by atoms with E-state index >= 15 is 0 Å². The molecule has 2 N–H and O–H groups in total. The average molecular weight is 397 g/mol. The number of hydrogen-bond acceptors (Lipinski definition) is 5. The van der Waals surface area contributed by atoms with Gasteiger partial charge in [-0.3, -0.25) is 4.79 Å². The van der Waals surface area contributed by atoms with E-state index in [-0.39, 0.29) is 11.9 Å². The number of carbonyl (C=O) groups is 2. The summed E-state index contributed by atoms with van der Waals surface area (Å²) in [6, 6.07) is 10.4. The van der Waals surface area contributed by atoms with Crippen LogP contribution < -0.4 is 24.8 Å². The lowest BCUT2D eigenvalue weighted by Crippen LogP contribution is -2.40. The van der Waals surface area contributed by atoms with Crippen molar-refractivity contribution in [1.82, 2.24) is 4.90 Å². The Bertz CT molecular complexity index is 977. The summed E-state index contributed by atoms with van der Waals surface area (Å²) in [5, 5.41) is 5.81. The molecule has 8 nitrogen and oxygen atoms in total. The highest BCUT2D eigenvalue weighted by molar-refractivity contribution is 6.07. The van der Waals surface area contributed by atoms with Crippen LogP contribution in [0, 0.1) is 0 Å². The summed E-state index contributed by atoms with van der Waals surface area (Å²) in [5.74, 6) is 1.73. The normalized spacial score (nSPS) is 19.7. The van der Waals surface area contributed by atoms with Crippen molar-refractivity contribution in [3.63, 3.8) is 0 Å². The van der Waals surface area contributed by atoms with Gasteiger partial charge in [0.05, 0.1) is 32.4 Å². The predicted molar refractivity (Wildman–Crippen MR) is 108 cm³/mol. The monoisotopic (exact) mass is 397 g/mol. The second-order valence-corrected chi connectivity index (χ2v) is 7.12. The van der Waals surface area contributed by atoms with Crippen molar-refractivity contribution in [1.29, 1.82) is 0 Å². The summed E-state index contributed by atoms with van der Waals surface area (Å²) in [6.07, 6.45) is 0.548. The Morgan fingerprint density at radius 3 is 2.52 bits per heavy atom. The van der Waals surface area contributed by atoms with Crippen LogP contribution >= 0.6 is 0 Å². The van der Waals surface area contributed by atoms with Crippen molar-refractivity contribution < 1.29 is 23.8 Å². The lowest BCUT2D eigenvalue weighted by Gasteiger charge is -2.23. The van der Waals surface area contributed by atoms with E-state index in [1.54, 1.807) is 37.3 Å². The standard InChI is InChI=1S/C21H23N3O5/c1-27-13-4-6-16-15(10-13)21(19(25)22-16)8-9-24(12-21)20(26)23-17-7-5-14(28-2)11-18(17)29-3/h4-7,10-11H,8-9,12H2,1-3H3,(H,22,25)(H,23,26)/t21-/m1/s1. The van der Waals surface area contributed by atoms with Gasteiger partial charge in [-0.25, -0.2) is 4.79 Å². The van der Waals surface area contributed by atoms with Gasteiger partial charge in [-0.1, -0.05) is 0 Å². The highest BCUT2D eigenvalue weighted by atomic mass is 16.5. The number of nitrogens with zero attached hydrogens (tertiary/aromatic N) is 1. The number of urea groups is 1. The van der Waals surface area contributed by atoms with Gasteiger partial charge in [0.2, 0.25) is 5.91 Å². The molecule has 29 heavy (non-hydrogen) atoms. The van der Waals surface area contributed by atoms with Crippen molar-refractivity contribution in [3.8, 4) is 17.2 Å². The molecule has 0 aromatic heterocycles. The third kappa shape index (κ3) is 3.10. The number of carbonyl (C=O) groups excluding carboxylic acids is 2. The van der Waals surface area contributed by atoms with Crippen LogP contribution in [-0.4, -0.2) is 51.3 Å². The van der Waals surface area contributed by atoms with Gasteiger partial charge in [-0.05, 0) is 42.3 Å². The Balaban J connectivity index is 1.55. The van der Waals surface area contributed by atoms with Crippen molar-refractivity contribution in [2.24, 2.45) is 0 Å². The topological polar surface area (TPSA) is 89.1 Å². The van der Waals surface area contributed by atoms with E-state index in [0.29, 0.717) is 42.4 Å². The summed E-state index contributed by atoms with van der Waals surface area (Å²) >= 11 is 0. The van der Waals surface area contributed by atoms with Crippen LogP contribution in [0.4, 0.5) is 16.2 Å². The molecule has 2 aromatic rings. The first-order valence-corrected chi connectivity index (χ1v) is 9.28. The zero-order valence-corrected chi connectivity index (χ0v) is 16.6. The van der Waals surface area contributed by atoms with Gasteiger partial charge in [0.1, 0.15) is 17.2 Å². The first kappa shape index (κ1) is 18.9. The van der Waals surface area contributed by atoms with Crippen molar-refractivity contribution in [2.45, 2.75) is 11.8 Å². The zero-order valence-electron chi connectivity index (χ0n) is 16.6. The molecular weight excluding hydrogens is 374 g/mol. The Labute approximate surface area is 168 Å². The molecule has 1 spiro atoms. The number of benzene rings is 2. The number of anilines is 2. The number of rotatable bonds is 4. The Hall–Kier alpha value is -3.42. The van der Waals surface area contributed by atoms with Gasteiger partial charge in [-0.15, -0.1) is 0 Å². The maximum Gasteiger partial charge on any atom is 0.321 e. The van der Waals surface area contributed by atoms with Crippen molar-refractivity contribution in [2.75, 3.05) is 45.1 Å². The quantitative estimate of drug-likeness (QED) is 0.828. The minimum Gasteiger partial charge on any atom is -0.497 e. The SMILES string of the molecule is COc1ccc(NC(=O)N2CC[C@]3(C2)C(=O)Nc2ccc(OC)cc23)c(OC)c1. The van der Waals surface area contributed by atoms with E-state index in [1.165, 1.54) is 7.11 Å². The number of hydrogen-bond donors (Lipinski definition) is 2. The van der Waals surface area contributed by atoms with E-state index < -0.39 is 5.41 Å². The third-order valence-electron chi connectivity index (χ3n) is 5.63. The number of ether oxygens (including phenoxy) is 3. The van der Waals surface area contributed by atoms with Gasteiger partial charge in [0.15, 0.2) is 0 Å². The molecule has 0 bridgehead atoms. The zero-order chi connectivity index (χ0) is 20.6. The largest absolute Gasteiger partial charge is 0.497 e. The van der Waals surface area contributed by atoms with Crippen LogP contribution in [0.1, 0.15) is 12.0 Å². The highest BCUT2D eigenvalue weighted by Gasteiger charge is 2.52. The predicted octanol–water partition coefficient (Wildman–Crippen LogP) is 2.84. The lowest BCUT2D eigenvalue weighted by atomic mass is 9.81. The fourth-order valence-corrected chi connectivity index (χ4v) is 4.00. The summed E-state index contributed by atoms with van der Waals surface area (Å²) in [4.78, 5) is 27.3. The van der Waals surface area contributed by atoms with E-state index in [9.17, 15) is 9.59 Å². The average Bonchev–Trinajstić information content (AvgIpc) is 3.31. The number of nitrogens with one attached hydrogen (secondary N) is 2. The second kappa shape index (κ2) is 7.20. The van der Waals surface area contributed by atoms with Crippen LogP contribution in [0.25, 0.3) is 0 Å². The maximum absolute atomic E-state index is 12.9. The van der Waals surface area contributed by atoms with Crippen LogP contribution in [0.15, 0.2) is 36.4 Å². The van der Waals surface area contributed by atoms with E-state index in [0.717, 1.165) is 11.3 Å². The molecule has 2 aliphatic heterocycles. The molecule has 2 heterocycles. The molecule has 8 heteroatoms. The molecule has 1 fully saturated rings. The fourth-order valence-electron chi connectivity index (χ4n) is 4.00. The number of amides is 3. The molecule has 0 aliphatic carbocycles. The number of fused-ring (bicyclic) bond motifs is 2. The molecular formula is C21H23N3O5. The molecule has 3 amide bonds. The number of methoxy groups -OCH3 is 3. The first-order valence-electron chi connectivity index (χ1n) is 9.28. The molecule has 0 unspecified atom stereocenters. The van der Waals surface area contributed by atoms with Crippen molar-refractivity contribution >= 4 is 23.3 Å². The molecule has 0 saturated carbocycles. The van der Waals surface area contributed by atoms with Crippen LogP contribution in [0.5, 0.6) is 17.2 Å². The lowest BCUT2D eigenvalue weighted by molar-refractivity contribution is -0.120. The van der Waals surface area contributed by atoms with Crippen LogP contribution in [-0.2, 0) is 10.2 Å². The van der Waals surface area contributed by atoms with E-state index in [1.807, 2.05) is 18.2 Å². The minimum atomic E-state index is -0.759. The summed E-state index contributed by atoms with van der Waals surface area (Å²) < 4.78 is 15.8. The molecule has 1 saturated heterocycles. The third-order valence-corrected chi connectivity index (χ3v) is 5.63.